The zero-order valence-electron chi connectivity index (χ0n) is 13.4. The van der Waals surface area contributed by atoms with Gasteiger partial charge < -0.3 is 0 Å². The van der Waals surface area contributed by atoms with Crippen molar-refractivity contribution in [1.82, 2.24) is 0 Å². The molecule has 2 aliphatic carbocycles. The smallest absolute Gasteiger partial charge is 0 e. The summed E-state index contributed by atoms with van der Waals surface area (Å²) in [6.45, 7) is 6.12. The van der Waals surface area contributed by atoms with E-state index in [2.05, 4.69) is 49.9 Å². The van der Waals surface area contributed by atoms with Crippen LogP contribution in [-0.2, 0) is 0 Å². The first-order valence-electron chi connectivity index (χ1n) is 8.65. The van der Waals surface area contributed by atoms with Crippen LogP contribution in [0, 0.1) is 24.7 Å². The van der Waals surface area contributed by atoms with Crippen molar-refractivity contribution in [3.8, 4) is 0 Å². The molecule has 0 bridgehead atoms. The standard InChI is InChI=1S/C21H28.CH4.H2/c1-3-17-6-10-19(11-7-17)21-14-12-20(13-15-21)18-8-4-16(2)5-9-18;;/h3-5,8-9,12,17,19,21H,1,6-7,10-11,13-15H2,2H3;1H4;1H. The predicted octanol–water partition coefficient (Wildman–Crippen LogP) is 7.05. The number of hydrogen-bond acceptors (Lipinski definition) is 0. The van der Waals surface area contributed by atoms with Crippen LogP contribution in [0.15, 0.2) is 43.0 Å². The van der Waals surface area contributed by atoms with Gasteiger partial charge in [-0.05, 0) is 80.8 Å². The summed E-state index contributed by atoms with van der Waals surface area (Å²) >= 11 is 0. The number of allylic oxidation sites excluding steroid dienone is 3. The molecule has 0 spiro atoms. The van der Waals surface area contributed by atoms with Crippen molar-refractivity contribution < 1.29 is 1.43 Å². The van der Waals surface area contributed by atoms with Crippen molar-refractivity contribution in [2.45, 2.75) is 59.3 Å². The van der Waals surface area contributed by atoms with Gasteiger partial charge in [0.15, 0.2) is 0 Å². The Balaban J connectivity index is 0.00000132. The van der Waals surface area contributed by atoms with Gasteiger partial charge in [0.2, 0.25) is 0 Å². The van der Waals surface area contributed by atoms with E-state index >= 15 is 0 Å². The van der Waals surface area contributed by atoms with Gasteiger partial charge in [0.05, 0.1) is 0 Å². The topological polar surface area (TPSA) is 0 Å². The van der Waals surface area contributed by atoms with Gasteiger partial charge in [-0.1, -0.05) is 49.4 Å². The van der Waals surface area contributed by atoms with Crippen molar-refractivity contribution in [2.75, 3.05) is 0 Å². The van der Waals surface area contributed by atoms with Gasteiger partial charge in [-0.25, -0.2) is 0 Å². The molecule has 0 heterocycles. The Kier molecular flexibility index (Phi) is 6.06. The van der Waals surface area contributed by atoms with Crippen molar-refractivity contribution in [3.63, 3.8) is 0 Å². The molecule has 1 unspecified atom stereocenters. The summed E-state index contributed by atoms with van der Waals surface area (Å²) in [5.41, 5.74) is 4.37. The third-order valence-electron chi connectivity index (χ3n) is 5.69. The molecule has 0 amide bonds. The van der Waals surface area contributed by atoms with E-state index in [1.807, 2.05) is 0 Å². The maximum absolute atomic E-state index is 3.96. The maximum Gasteiger partial charge on any atom is 0 e. The fraction of sp³-hybridized carbons (Fsp3) is 0.545. The molecule has 3 rings (SSSR count). The van der Waals surface area contributed by atoms with Crippen molar-refractivity contribution in [1.29, 1.82) is 0 Å². The number of aryl methyl sites for hydroxylation is 1. The maximum atomic E-state index is 3.96. The van der Waals surface area contributed by atoms with E-state index in [1.54, 1.807) is 5.57 Å². The van der Waals surface area contributed by atoms with Crippen LogP contribution in [-0.4, -0.2) is 0 Å². The molecule has 2 aliphatic rings. The second-order valence-corrected chi connectivity index (χ2v) is 7.04. The molecule has 1 fully saturated rings. The van der Waals surface area contributed by atoms with Gasteiger partial charge >= 0.3 is 0 Å². The molecule has 1 atom stereocenters. The van der Waals surface area contributed by atoms with Crippen LogP contribution >= 0.6 is 0 Å². The van der Waals surface area contributed by atoms with Crippen LogP contribution in [0.3, 0.4) is 0 Å². The second kappa shape index (κ2) is 7.81. The Hall–Kier alpha value is -1.30. The van der Waals surface area contributed by atoms with Gasteiger partial charge in [-0.15, -0.1) is 6.58 Å². The van der Waals surface area contributed by atoms with Gasteiger partial charge in [0.1, 0.15) is 0 Å². The van der Waals surface area contributed by atoms with Crippen molar-refractivity contribution >= 4 is 5.57 Å². The Bertz CT molecular complexity index is 503. The molecule has 0 aliphatic heterocycles. The fourth-order valence-electron chi connectivity index (χ4n) is 4.16. The highest BCUT2D eigenvalue weighted by atomic mass is 14.3. The van der Waals surface area contributed by atoms with E-state index in [1.165, 1.54) is 56.1 Å². The lowest BCUT2D eigenvalue weighted by Crippen LogP contribution is -2.22. The minimum absolute atomic E-state index is 0. The summed E-state index contributed by atoms with van der Waals surface area (Å²) in [7, 11) is 0. The van der Waals surface area contributed by atoms with E-state index in [9.17, 15) is 0 Å². The summed E-state index contributed by atoms with van der Waals surface area (Å²) < 4.78 is 0. The summed E-state index contributed by atoms with van der Waals surface area (Å²) in [5.74, 6) is 2.70. The zero-order chi connectivity index (χ0) is 14.7. The lowest BCUT2D eigenvalue weighted by molar-refractivity contribution is 0.212. The van der Waals surface area contributed by atoms with Gasteiger partial charge in [-0.3, -0.25) is 0 Å². The van der Waals surface area contributed by atoms with Gasteiger partial charge in [0, 0.05) is 1.43 Å². The molecule has 22 heavy (non-hydrogen) atoms. The fourth-order valence-corrected chi connectivity index (χ4v) is 4.16. The van der Waals surface area contributed by atoms with Crippen LogP contribution < -0.4 is 0 Å². The number of hydrogen-bond donors (Lipinski definition) is 0. The first-order chi connectivity index (χ1) is 10.3. The molecular weight excluding hydrogens is 264 g/mol. The molecule has 0 radical (unpaired) electrons. The molecular formula is C22H34. The summed E-state index contributed by atoms with van der Waals surface area (Å²) in [6.07, 6.45) is 14.3. The SMILES string of the molecule is C.C=CC1CCC(C2CC=C(c3ccc(C)cc3)CC2)CC1.[HH]. The minimum atomic E-state index is 0. The zero-order valence-corrected chi connectivity index (χ0v) is 13.4. The lowest BCUT2D eigenvalue weighted by atomic mass is 9.71. The summed E-state index contributed by atoms with van der Waals surface area (Å²) in [6, 6.07) is 9.05. The summed E-state index contributed by atoms with van der Waals surface area (Å²) in [5, 5.41) is 0. The highest BCUT2D eigenvalue weighted by Gasteiger charge is 2.27. The average Bonchev–Trinajstić information content (AvgIpc) is 2.56. The molecule has 1 aromatic rings. The molecule has 0 aromatic heterocycles. The van der Waals surface area contributed by atoms with E-state index < -0.39 is 0 Å². The first kappa shape index (κ1) is 17.1. The Morgan fingerprint density at radius 1 is 1.00 bits per heavy atom. The van der Waals surface area contributed by atoms with E-state index in [0.717, 1.165) is 17.8 Å². The monoisotopic (exact) mass is 298 g/mol. The van der Waals surface area contributed by atoms with Gasteiger partial charge in [0.25, 0.3) is 0 Å². The van der Waals surface area contributed by atoms with Crippen LogP contribution in [0.25, 0.3) is 5.57 Å². The van der Waals surface area contributed by atoms with Gasteiger partial charge in [-0.2, -0.15) is 0 Å². The Labute approximate surface area is 138 Å². The normalized spacial score (nSPS) is 28.4. The Morgan fingerprint density at radius 2 is 1.68 bits per heavy atom. The van der Waals surface area contributed by atoms with E-state index in [4.69, 9.17) is 0 Å². The minimum Gasteiger partial charge on any atom is -0.103 e. The molecule has 0 nitrogen and oxygen atoms in total. The molecule has 0 heteroatoms. The summed E-state index contributed by atoms with van der Waals surface area (Å²) in [4.78, 5) is 0. The largest absolute Gasteiger partial charge is 0.103 e. The first-order valence-corrected chi connectivity index (χ1v) is 8.65. The third-order valence-corrected chi connectivity index (χ3v) is 5.69. The molecule has 0 N–H and O–H groups in total. The molecule has 122 valence electrons. The highest BCUT2D eigenvalue weighted by molar-refractivity contribution is 5.66. The number of benzene rings is 1. The van der Waals surface area contributed by atoms with Crippen LogP contribution in [0.5, 0.6) is 0 Å². The van der Waals surface area contributed by atoms with Crippen molar-refractivity contribution in [2.24, 2.45) is 17.8 Å². The van der Waals surface area contributed by atoms with Crippen LogP contribution in [0.1, 0.15) is 64.9 Å². The number of rotatable bonds is 3. The van der Waals surface area contributed by atoms with Crippen LogP contribution in [0.2, 0.25) is 0 Å². The van der Waals surface area contributed by atoms with E-state index in [-0.39, 0.29) is 8.85 Å². The third kappa shape index (κ3) is 3.91. The Morgan fingerprint density at radius 3 is 2.23 bits per heavy atom. The predicted molar refractivity (Wildman–Crippen MR) is 101 cm³/mol. The average molecular weight is 299 g/mol. The quantitative estimate of drug-likeness (QED) is 0.524. The second-order valence-electron chi connectivity index (χ2n) is 7.04. The molecule has 1 aromatic carbocycles. The highest BCUT2D eigenvalue weighted by Crippen LogP contribution is 2.41. The molecule has 1 saturated carbocycles. The lowest BCUT2D eigenvalue weighted by Gasteiger charge is -2.34. The van der Waals surface area contributed by atoms with Crippen molar-refractivity contribution in [3.05, 3.63) is 54.1 Å². The van der Waals surface area contributed by atoms with E-state index in [0.29, 0.717) is 0 Å². The molecule has 0 saturated heterocycles. The van der Waals surface area contributed by atoms with Crippen LogP contribution in [0.4, 0.5) is 0 Å².